The van der Waals surface area contributed by atoms with Gasteiger partial charge in [0.05, 0.1) is 5.41 Å². The van der Waals surface area contributed by atoms with Crippen LogP contribution in [0.4, 0.5) is 18.0 Å². The maximum Gasteiger partial charge on any atom is 0.410 e. The molecule has 0 spiro atoms. The molecule has 0 saturated carbocycles. The average Bonchev–Trinajstić information content (AvgIpc) is 2.48. The number of alkyl halides is 3. The third kappa shape index (κ3) is 4.32. The van der Waals surface area contributed by atoms with Crippen LogP contribution in [-0.2, 0) is 4.74 Å². The van der Waals surface area contributed by atoms with Gasteiger partial charge in [0.25, 0.3) is 6.43 Å². The van der Waals surface area contributed by atoms with E-state index in [0.717, 1.165) is 0 Å². The molecule has 1 aromatic rings. The average molecular weight is 357 g/mol. The maximum atomic E-state index is 13.3. The van der Waals surface area contributed by atoms with Gasteiger partial charge in [-0.15, -0.1) is 0 Å². The summed E-state index contributed by atoms with van der Waals surface area (Å²) >= 11 is 0. The Hall–Kier alpha value is -2.05. The first-order chi connectivity index (χ1) is 11.4. The summed E-state index contributed by atoms with van der Waals surface area (Å²) < 4.78 is 43.3. The number of hydrogen-bond acceptors (Lipinski definition) is 3. The molecular formula is C18H22F3NO3. The Labute approximate surface area is 144 Å². The summed E-state index contributed by atoms with van der Waals surface area (Å²) in [7, 11) is 0. The molecule has 2 rings (SSSR count). The van der Waals surface area contributed by atoms with Crippen molar-refractivity contribution in [3.05, 3.63) is 35.4 Å². The summed E-state index contributed by atoms with van der Waals surface area (Å²) in [6.45, 7) is 7.42. The van der Waals surface area contributed by atoms with E-state index in [0.29, 0.717) is 5.56 Å². The second-order valence-corrected chi connectivity index (χ2v) is 7.58. The summed E-state index contributed by atoms with van der Waals surface area (Å²) in [6.07, 6.45) is -5.95. The van der Waals surface area contributed by atoms with Crippen molar-refractivity contribution < 1.29 is 27.5 Å². The number of hydrogen-bond donors (Lipinski definition) is 0. The molecule has 1 aliphatic heterocycles. The molecule has 0 aromatic heterocycles. The van der Waals surface area contributed by atoms with Crippen LogP contribution in [0.1, 0.15) is 49.8 Å². The monoisotopic (exact) mass is 357 g/mol. The summed E-state index contributed by atoms with van der Waals surface area (Å²) in [5, 5.41) is 0. The zero-order valence-corrected chi connectivity index (χ0v) is 14.7. The molecule has 0 N–H and O–H groups in total. The van der Waals surface area contributed by atoms with Crippen molar-refractivity contribution in [2.75, 3.05) is 13.1 Å². The normalized spacial score (nSPS) is 17.8. The van der Waals surface area contributed by atoms with Gasteiger partial charge in [-0.3, -0.25) is 4.79 Å². The van der Waals surface area contributed by atoms with Gasteiger partial charge in [0, 0.05) is 18.7 Å². The highest BCUT2D eigenvalue weighted by Gasteiger charge is 2.48. The summed E-state index contributed by atoms with van der Waals surface area (Å²) in [5.41, 5.74) is -1.25. The molecule has 1 heterocycles. The van der Waals surface area contributed by atoms with Gasteiger partial charge in [0.2, 0.25) is 0 Å². The fourth-order valence-corrected chi connectivity index (χ4v) is 2.71. The molecule has 7 heteroatoms. The zero-order valence-electron chi connectivity index (χ0n) is 14.7. The predicted molar refractivity (Wildman–Crippen MR) is 86.5 cm³/mol. The molecule has 1 atom stereocenters. The fraction of sp³-hybridized carbons (Fsp3) is 0.556. The molecule has 1 unspecified atom stereocenters. The quantitative estimate of drug-likeness (QED) is 0.750. The van der Waals surface area contributed by atoms with Crippen molar-refractivity contribution in [2.24, 2.45) is 5.41 Å². The lowest BCUT2D eigenvalue weighted by Gasteiger charge is -2.46. The fourth-order valence-electron chi connectivity index (χ4n) is 2.71. The number of ether oxygens (including phenoxy) is 1. The number of carbonyl (C=O) groups is 2. The van der Waals surface area contributed by atoms with Crippen LogP contribution >= 0.6 is 0 Å². The number of rotatable bonds is 4. The second kappa shape index (κ2) is 6.69. The van der Waals surface area contributed by atoms with Gasteiger partial charge in [-0.25, -0.2) is 18.0 Å². The lowest BCUT2D eigenvalue weighted by molar-refractivity contribution is -0.0197. The molecule has 138 valence electrons. The molecule has 1 fully saturated rings. The van der Waals surface area contributed by atoms with Crippen LogP contribution in [0.15, 0.2) is 24.3 Å². The van der Waals surface area contributed by atoms with Crippen molar-refractivity contribution in [3.63, 3.8) is 0 Å². The summed E-state index contributed by atoms with van der Waals surface area (Å²) in [5.74, 6) is -0.216. The number of carbonyl (C=O) groups excluding carboxylic acids is 2. The second-order valence-electron chi connectivity index (χ2n) is 7.58. The summed E-state index contributed by atoms with van der Waals surface area (Å²) in [4.78, 5) is 26.0. The minimum atomic E-state index is -3.10. The van der Waals surface area contributed by atoms with Gasteiger partial charge in [0.1, 0.15) is 5.60 Å². The van der Waals surface area contributed by atoms with E-state index in [1.165, 1.54) is 29.2 Å². The van der Waals surface area contributed by atoms with Crippen molar-refractivity contribution in [3.8, 4) is 0 Å². The number of amides is 1. The van der Waals surface area contributed by atoms with Gasteiger partial charge in [-0.2, -0.15) is 0 Å². The number of nitrogens with zero attached hydrogens (tertiary/aromatic N) is 1. The first kappa shape index (κ1) is 19.3. The van der Waals surface area contributed by atoms with Gasteiger partial charge >= 0.3 is 6.09 Å². The van der Waals surface area contributed by atoms with Crippen molar-refractivity contribution in [1.29, 1.82) is 0 Å². The Balaban J connectivity index is 2.01. The summed E-state index contributed by atoms with van der Waals surface area (Å²) in [6, 6.07) is 5.07. The predicted octanol–water partition coefficient (Wildman–Crippen LogP) is 4.40. The highest BCUT2D eigenvalue weighted by molar-refractivity contribution is 6.02. The lowest BCUT2D eigenvalue weighted by atomic mass is 9.75. The van der Waals surface area contributed by atoms with Crippen molar-refractivity contribution in [1.82, 2.24) is 4.90 Å². The van der Waals surface area contributed by atoms with Crippen molar-refractivity contribution in [2.45, 2.75) is 45.9 Å². The molecule has 25 heavy (non-hydrogen) atoms. The molecular weight excluding hydrogens is 335 g/mol. The highest BCUT2D eigenvalue weighted by atomic mass is 19.3. The third-order valence-electron chi connectivity index (χ3n) is 3.99. The highest BCUT2D eigenvalue weighted by Crippen LogP contribution is 2.35. The Bertz CT molecular complexity index is 647. The van der Waals surface area contributed by atoms with Crippen LogP contribution in [0.3, 0.4) is 0 Å². The number of Topliss-reactive ketones (excluding diaryl/α,β-unsaturated/α-hetero) is 1. The van der Waals surface area contributed by atoms with Crippen LogP contribution < -0.4 is 0 Å². The number of likely N-dealkylation sites (tertiary alicyclic amines) is 1. The van der Waals surface area contributed by atoms with Crippen LogP contribution in [0, 0.1) is 5.41 Å². The van der Waals surface area contributed by atoms with Crippen LogP contribution in [0.25, 0.3) is 0 Å². The molecule has 1 amide bonds. The van der Waals surface area contributed by atoms with Gasteiger partial charge in [-0.1, -0.05) is 24.3 Å². The smallest absolute Gasteiger partial charge is 0.410 e. The van der Waals surface area contributed by atoms with Crippen LogP contribution in [0.5, 0.6) is 0 Å². The van der Waals surface area contributed by atoms with Gasteiger partial charge < -0.3 is 9.64 Å². The van der Waals surface area contributed by atoms with E-state index in [4.69, 9.17) is 4.74 Å². The zero-order chi connectivity index (χ0) is 19.0. The molecule has 0 aliphatic carbocycles. The van der Waals surface area contributed by atoms with Gasteiger partial charge in [0.15, 0.2) is 12.0 Å². The third-order valence-corrected chi connectivity index (χ3v) is 3.99. The first-order valence-electron chi connectivity index (χ1n) is 7.98. The lowest BCUT2D eigenvalue weighted by Crippen LogP contribution is -2.61. The van der Waals surface area contributed by atoms with E-state index in [1.54, 1.807) is 27.7 Å². The molecule has 4 nitrogen and oxygen atoms in total. The minimum absolute atomic E-state index is 0.166. The maximum absolute atomic E-state index is 13.3. The first-order valence-corrected chi connectivity index (χ1v) is 7.98. The van der Waals surface area contributed by atoms with Crippen LogP contribution in [0.2, 0.25) is 0 Å². The molecule has 0 bridgehead atoms. The van der Waals surface area contributed by atoms with Gasteiger partial charge in [-0.05, 0) is 33.3 Å². The van der Waals surface area contributed by atoms with E-state index >= 15 is 0 Å². The van der Waals surface area contributed by atoms with E-state index in [-0.39, 0.29) is 24.4 Å². The Kier molecular flexibility index (Phi) is 5.16. The SMILES string of the molecule is CC(C)(C)OC(=O)N1CC(C)(C(=O)c2ccc(C(F)C(F)F)cc2)C1. The van der Waals surface area contributed by atoms with E-state index in [1.807, 2.05) is 0 Å². The molecule has 0 radical (unpaired) electrons. The van der Waals surface area contributed by atoms with E-state index < -0.39 is 29.7 Å². The standard InChI is InChI=1S/C18H22F3NO3/c1-17(2,3)25-16(24)22-9-18(4,10-22)14(23)12-7-5-11(6-8-12)13(19)15(20)21/h5-8,13,15H,9-10H2,1-4H3. The molecule has 1 saturated heterocycles. The topological polar surface area (TPSA) is 46.6 Å². The number of ketones is 1. The molecule has 1 aliphatic rings. The van der Waals surface area contributed by atoms with E-state index in [2.05, 4.69) is 0 Å². The molecule has 1 aromatic carbocycles. The van der Waals surface area contributed by atoms with Crippen LogP contribution in [-0.4, -0.2) is 41.9 Å². The van der Waals surface area contributed by atoms with Crippen molar-refractivity contribution >= 4 is 11.9 Å². The Morgan fingerprint density at radius 3 is 2.08 bits per heavy atom. The number of halogens is 3. The minimum Gasteiger partial charge on any atom is -0.444 e. The number of benzene rings is 1. The largest absolute Gasteiger partial charge is 0.444 e. The Morgan fingerprint density at radius 1 is 1.12 bits per heavy atom. The Morgan fingerprint density at radius 2 is 1.64 bits per heavy atom. The van der Waals surface area contributed by atoms with E-state index in [9.17, 15) is 22.8 Å².